The standard InChI is InChI=1S/C24H19ClN2O4/c1-30-20-8-3-2-6-17(20)14-26-23(28)16-9-10-21-19(13-16)27-24(29)22(31-21)12-15-5-4-7-18(25)11-15/h2-13H,14H2,1H3,(H,26,28)(H,27,29)/b22-12-. The Labute approximate surface area is 184 Å². The summed E-state index contributed by atoms with van der Waals surface area (Å²) in [7, 11) is 1.59. The van der Waals surface area contributed by atoms with Gasteiger partial charge in [0.05, 0.1) is 12.8 Å². The first-order valence-corrected chi connectivity index (χ1v) is 9.92. The van der Waals surface area contributed by atoms with Crippen molar-refractivity contribution < 1.29 is 19.1 Å². The Bertz CT molecular complexity index is 1190. The third-order valence-electron chi connectivity index (χ3n) is 4.71. The molecule has 1 aliphatic heterocycles. The lowest BCUT2D eigenvalue weighted by molar-refractivity contribution is -0.115. The predicted octanol–water partition coefficient (Wildman–Crippen LogP) is 4.65. The summed E-state index contributed by atoms with van der Waals surface area (Å²) in [4.78, 5) is 25.0. The summed E-state index contributed by atoms with van der Waals surface area (Å²) < 4.78 is 11.0. The zero-order valence-corrected chi connectivity index (χ0v) is 17.4. The van der Waals surface area contributed by atoms with Crippen molar-refractivity contribution in [3.63, 3.8) is 0 Å². The molecular weight excluding hydrogens is 416 g/mol. The second-order valence-electron chi connectivity index (χ2n) is 6.83. The van der Waals surface area contributed by atoms with Crippen LogP contribution in [0.1, 0.15) is 21.5 Å². The van der Waals surface area contributed by atoms with E-state index < -0.39 is 5.91 Å². The molecule has 0 radical (unpaired) electrons. The molecule has 3 aromatic rings. The smallest absolute Gasteiger partial charge is 0.291 e. The van der Waals surface area contributed by atoms with Gasteiger partial charge in [-0.2, -0.15) is 0 Å². The Kier molecular flexibility index (Phi) is 5.91. The van der Waals surface area contributed by atoms with Gasteiger partial charge in [0.25, 0.3) is 11.8 Å². The van der Waals surface area contributed by atoms with Crippen molar-refractivity contribution in [3.05, 3.63) is 94.2 Å². The highest BCUT2D eigenvalue weighted by Crippen LogP contribution is 2.32. The molecule has 31 heavy (non-hydrogen) atoms. The molecule has 1 aliphatic rings. The lowest BCUT2D eigenvalue weighted by Crippen LogP contribution is -2.26. The first-order chi connectivity index (χ1) is 15.0. The lowest BCUT2D eigenvalue weighted by atomic mass is 10.1. The molecule has 2 N–H and O–H groups in total. The normalized spacial score (nSPS) is 13.7. The molecule has 0 saturated heterocycles. The van der Waals surface area contributed by atoms with Gasteiger partial charge in [0.15, 0.2) is 11.5 Å². The number of methoxy groups -OCH3 is 1. The van der Waals surface area contributed by atoms with Crippen LogP contribution in [0.5, 0.6) is 11.5 Å². The number of anilines is 1. The first kappa shape index (κ1) is 20.5. The third-order valence-corrected chi connectivity index (χ3v) is 4.95. The van der Waals surface area contributed by atoms with Crippen molar-refractivity contribution in [2.75, 3.05) is 12.4 Å². The minimum absolute atomic E-state index is 0.142. The van der Waals surface area contributed by atoms with Crippen LogP contribution in [-0.2, 0) is 11.3 Å². The summed E-state index contributed by atoms with van der Waals surface area (Å²) in [5.74, 6) is 0.618. The van der Waals surface area contributed by atoms with E-state index in [-0.39, 0.29) is 11.7 Å². The molecule has 0 saturated carbocycles. The number of fused-ring (bicyclic) bond motifs is 1. The van der Waals surface area contributed by atoms with Crippen LogP contribution in [0.25, 0.3) is 6.08 Å². The van der Waals surface area contributed by atoms with E-state index in [0.717, 1.165) is 11.1 Å². The van der Waals surface area contributed by atoms with Crippen LogP contribution in [0.15, 0.2) is 72.5 Å². The highest BCUT2D eigenvalue weighted by Gasteiger charge is 2.23. The lowest BCUT2D eigenvalue weighted by Gasteiger charge is -2.20. The number of para-hydroxylation sites is 1. The van der Waals surface area contributed by atoms with Crippen molar-refractivity contribution in [2.24, 2.45) is 0 Å². The Hall–Kier alpha value is -3.77. The van der Waals surface area contributed by atoms with E-state index >= 15 is 0 Å². The number of ether oxygens (including phenoxy) is 2. The fourth-order valence-electron chi connectivity index (χ4n) is 3.18. The molecule has 7 heteroatoms. The van der Waals surface area contributed by atoms with Crippen LogP contribution < -0.4 is 20.1 Å². The van der Waals surface area contributed by atoms with Gasteiger partial charge in [-0.1, -0.05) is 41.9 Å². The van der Waals surface area contributed by atoms with Gasteiger partial charge in [0.1, 0.15) is 5.75 Å². The zero-order chi connectivity index (χ0) is 21.8. The van der Waals surface area contributed by atoms with Crippen molar-refractivity contribution >= 4 is 35.2 Å². The molecule has 1 heterocycles. The van der Waals surface area contributed by atoms with Crippen molar-refractivity contribution in [3.8, 4) is 11.5 Å². The summed E-state index contributed by atoms with van der Waals surface area (Å²) >= 11 is 5.99. The topological polar surface area (TPSA) is 76.7 Å². The highest BCUT2D eigenvalue weighted by atomic mass is 35.5. The van der Waals surface area contributed by atoms with Gasteiger partial charge in [-0.3, -0.25) is 9.59 Å². The minimum atomic E-state index is -0.404. The van der Waals surface area contributed by atoms with Gasteiger partial charge >= 0.3 is 0 Å². The van der Waals surface area contributed by atoms with Gasteiger partial charge in [0, 0.05) is 22.7 Å². The van der Waals surface area contributed by atoms with Gasteiger partial charge in [-0.05, 0) is 48.0 Å². The van der Waals surface area contributed by atoms with Crippen LogP contribution in [0, 0.1) is 0 Å². The molecule has 0 unspecified atom stereocenters. The zero-order valence-electron chi connectivity index (χ0n) is 16.6. The van der Waals surface area contributed by atoms with E-state index in [1.54, 1.807) is 49.6 Å². The van der Waals surface area contributed by atoms with Crippen molar-refractivity contribution in [1.82, 2.24) is 5.32 Å². The molecule has 0 bridgehead atoms. The molecule has 0 fully saturated rings. The van der Waals surface area contributed by atoms with Gasteiger partial charge < -0.3 is 20.1 Å². The number of nitrogens with one attached hydrogen (secondary N) is 2. The molecule has 2 amide bonds. The molecule has 4 rings (SSSR count). The van der Waals surface area contributed by atoms with Crippen molar-refractivity contribution in [1.29, 1.82) is 0 Å². The molecule has 0 aliphatic carbocycles. The Morgan fingerprint density at radius 3 is 2.77 bits per heavy atom. The van der Waals surface area contributed by atoms with E-state index in [2.05, 4.69) is 10.6 Å². The predicted molar refractivity (Wildman–Crippen MR) is 119 cm³/mol. The fraction of sp³-hybridized carbons (Fsp3) is 0.0833. The van der Waals surface area contributed by atoms with E-state index in [0.29, 0.717) is 34.3 Å². The minimum Gasteiger partial charge on any atom is -0.496 e. The maximum absolute atomic E-state index is 12.6. The summed E-state index contributed by atoms with van der Waals surface area (Å²) in [6.07, 6.45) is 1.61. The van der Waals surface area contributed by atoms with Crippen LogP contribution in [0.2, 0.25) is 5.02 Å². The average molecular weight is 435 g/mol. The van der Waals surface area contributed by atoms with Crippen LogP contribution in [0.3, 0.4) is 0 Å². The SMILES string of the molecule is COc1ccccc1CNC(=O)c1ccc2c(c1)NC(=O)/C(=C/c1cccc(Cl)c1)O2. The second-order valence-corrected chi connectivity index (χ2v) is 7.26. The number of carbonyl (C=O) groups excluding carboxylic acids is 2. The fourth-order valence-corrected chi connectivity index (χ4v) is 3.37. The maximum atomic E-state index is 12.6. The van der Waals surface area contributed by atoms with Crippen molar-refractivity contribution in [2.45, 2.75) is 6.54 Å². The molecular formula is C24H19ClN2O4. The monoisotopic (exact) mass is 434 g/mol. The summed E-state index contributed by atoms with van der Waals surface area (Å²) in [5, 5.41) is 6.19. The van der Waals surface area contributed by atoms with Crippen LogP contribution in [-0.4, -0.2) is 18.9 Å². The average Bonchev–Trinajstić information content (AvgIpc) is 2.78. The van der Waals surface area contributed by atoms with E-state index in [9.17, 15) is 9.59 Å². The Morgan fingerprint density at radius 1 is 1.13 bits per heavy atom. The number of amides is 2. The maximum Gasteiger partial charge on any atom is 0.291 e. The van der Waals surface area contributed by atoms with E-state index in [1.165, 1.54) is 0 Å². The largest absolute Gasteiger partial charge is 0.496 e. The molecule has 0 atom stereocenters. The number of rotatable bonds is 5. The number of benzene rings is 3. The summed E-state index contributed by atoms with van der Waals surface area (Å²) in [6.45, 7) is 0.315. The highest BCUT2D eigenvalue weighted by molar-refractivity contribution is 6.30. The summed E-state index contributed by atoms with van der Waals surface area (Å²) in [5.41, 5.74) is 2.44. The molecule has 156 valence electrons. The Balaban J connectivity index is 1.49. The van der Waals surface area contributed by atoms with Crippen LogP contribution in [0.4, 0.5) is 5.69 Å². The summed E-state index contributed by atoms with van der Waals surface area (Å²) in [6, 6.07) is 19.4. The van der Waals surface area contributed by atoms with Gasteiger partial charge in [0.2, 0.25) is 0 Å². The van der Waals surface area contributed by atoms with E-state index in [1.807, 2.05) is 30.3 Å². The molecule has 6 nitrogen and oxygen atoms in total. The number of hydrogen-bond acceptors (Lipinski definition) is 4. The third kappa shape index (κ3) is 4.70. The van der Waals surface area contributed by atoms with E-state index in [4.69, 9.17) is 21.1 Å². The second kappa shape index (κ2) is 8.93. The first-order valence-electron chi connectivity index (χ1n) is 9.54. The molecule has 0 spiro atoms. The Morgan fingerprint density at radius 2 is 1.97 bits per heavy atom. The number of halogens is 1. The number of carbonyl (C=O) groups is 2. The number of hydrogen-bond donors (Lipinski definition) is 2. The molecule has 3 aromatic carbocycles. The van der Waals surface area contributed by atoms with Gasteiger partial charge in [-0.25, -0.2) is 0 Å². The molecule has 0 aromatic heterocycles. The quantitative estimate of drug-likeness (QED) is 0.573. The van der Waals surface area contributed by atoms with Crippen LogP contribution >= 0.6 is 11.6 Å². The van der Waals surface area contributed by atoms with Gasteiger partial charge in [-0.15, -0.1) is 0 Å².